The second-order valence-electron chi connectivity index (χ2n) is 5.86. The zero-order chi connectivity index (χ0) is 17.8. The minimum absolute atomic E-state index is 0.0285. The van der Waals surface area contributed by atoms with Gasteiger partial charge in [0.1, 0.15) is 11.9 Å². The Hall–Kier alpha value is -3.02. The fourth-order valence-corrected chi connectivity index (χ4v) is 2.97. The van der Waals surface area contributed by atoms with E-state index in [0.717, 1.165) is 17.0 Å². The fraction of sp³-hybridized carbons (Fsp3) is 0.263. The molecule has 130 valence electrons. The van der Waals surface area contributed by atoms with Gasteiger partial charge in [0.15, 0.2) is 0 Å². The third-order valence-electron chi connectivity index (χ3n) is 4.24. The van der Waals surface area contributed by atoms with Gasteiger partial charge in [-0.3, -0.25) is 9.59 Å². The standard InChI is InChI=1S/C19H20N2O4/c1-25-14-10-8-13(9-11-14)18-20-16-6-3-2-5-15(16)19(24)21(18)12-4-7-17(22)23/h2-3,5-6,8-11,18,20H,4,7,12H2,1H3,(H,22,23). The van der Waals surface area contributed by atoms with Crippen LogP contribution < -0.4 is 10.1 Å². The van der Waals surface area contributed by atoms with E-state index >= 15 is 0 Å². The first kappa shape index (κ1) is 16.8. The zero-order valence-electron chi connectivity index (χ0n) is 13.9. The van der Waals surface area contributed by atoms with Gasteiger partial charge in [-0.1, -0.05) is 24.3 Å². The summed E-state index contributed by atoms with van der Waals surface area (Å²) in [6, 6.07) is 14.8. The number of nitrogens with one attached hydrogen (secondary N) is 1. The summed E-state index contributed by atoms with van der Waals surface area (Å²) < 4.78 is 5.19. The molecule has 6 heteroatoms. The SMILES string of the molecule is COc1ccc(C2Nc3ccccc3C(=O)N2CCCC(=O)O)cc1. The summed E-state index contributed by atoms with van der Waals surface area (Å²) in [6.07, 6.45) is 0.0836. The number of hydrogen-bond donors (Lipinski definition) is 2. The summed E-state index contributed by atoms with van der Waals surface area (Å²) >= 11 is 0. The quantitative estimate of drug-likeness (QED) is 0.845. The molecule has 1 heterocycles. The summed E-state index contributed by atoms with van der Waals surface area (Å²) in [6.45, 7) is 0.364. The number of nitrogens with zero attached hydrogens (tertiary/aromatic N) is 1. The van der Waals surface area contributed by atoms with E-state index in [4.69, 9.17) is 9.84 Å². The van der Waals surface area contributed by atoms with E-state index < -0.39 is 5.97 Å². The lowest BCUT2D eigenvalue weighted by Gasteiger charge is -2.38. The molecule has 0 aromatic heterocycles. The van der Waals surface area contributed by atoms with Crippen molar-refractivity contribution in [2.45, 2.75) is 19.0 Å². The molecule has 1 unspecified atom stereocenters. The molecule has 1 aliphatic rings. The Morgan fingerprint density at radius 3 is 2.60 bits per heavy atom. The normalized spacial score (nSPS) is 16.1. The Morgan fingerprint density at radius 1 is 1.20 bits per heavy atom. The number of ether oxygens (including phenoxy) is 1. The molecule has 25 heavy (non-hydrogen) atoms. The first-order valence-electron chi connectivity index (χ1n) is 8.12. The number of aliphatic carboxylic acids is 1. The Balaban J connectivity index is 1.91. The van der Waals surface area contributed by atoms with Gasteiger partial charge in [-0.2, -0.15) is 0 Å². The summed E-state index contributed by atoms with van der Waals surface area (Å²) in [4.78, 5) is 25.4. The van der Waals surface area contributed by atoms with Crippen LogP contribution in [0, 0.1) is 0 Å². The number of carboxylic acids is 1. The topological polar surface area (TPSA) is 78.9 Å². The van der Waals surface area contributed by atoms with Gasteiger partial charge in [0.2, 0.25) is 0 Å². The van der Waals surface area contributed by atoms with Crippen LogP contribution in [0.15, 0.2) is 48.5 Å². The van der Waals surface area contributed by atoms with E-state index in [1.807, 2.05) is 42.5 Å². The van der Waals surface area contributed by atoms with Crippen LogP contribution in [0.25, 0.3) is 0 Å². The molecule has 0 saturated carbocycles. The highest BCUT2D eigenvalue weighted by Gasteiger charge is 2.32. The van der Waals surface area contributed by atoms with Crippen molar-refractivity contribution in [2.24, 2.45) is 0 Å². The van der Waals surface area contributed by atoms with Crippen molar-refractivity contribution in [2.75, 3.05) is 19.0 Å². The van der Waals surface area contributed by atoms with Crippen molar-refractivity contribution in [3.8, 4) is 5.75 Å². The molecule has 1 aliphatic heterocycles. The van der Waals surface area contributed by atoms with E-state index in [1.54, 1.807) is 18.1 Å². The monoisotopic (exact) mass is 340 g/mol. The molecule has 0 aliphatic carbocycles. The number of rotatable bonds is 6. The third-order valence-corrected chi connectivity index (χ3v) is 4.24. The molecule has 3 rings (SSSR count). The maximum Gasteiger partial charge on any atom is 0.303 e. The molecule has 2 N–H and O–H groups in total. The van der Waals surface area contributed by atoms with Gasteiger partial charge in [0, 0.05) is 18.7 Å². The Bertz CT molecular complexity index is 773. The largest absolute Gasteiger partial charge is 0.497 e. The number of anilines is 1. The number of carbonyl (C=O) groups excluding carboxylic acids is 1. The van der Waals surface area contributed by atoms with Gasteiger partial charge in [-0.25, -0.2) is 0 Å². The molecular formula is C19H20N2O4. The number of amides is 1. The lowest BCUT2D eigenvalue weighted by Crippen LogP contribution is -2.43. The smallest absolute Gasteiger partial charge is 0.303 e. The van der Waals surface area contributed by atoms with Crippen molar-refractivity contribution in [1.82, 2.24) is 4.90 Å². The van der Waals surface area contributed by atoms with Crippen molar-refractivity contribution < 1.29 is 19.4 Å². The van der Waals surface area contributed by atoms with Crippen LogP contribution in [0.5, 0.6) is 5.75 Å². The molecule has 0 fully saturated rings. The molecule has 0 bridgehead atoms. The molecule has 0 radical (unpaired) electrons. The number of methoxy groups -OCH3 is 1. The average molecular weight is 340 g/mol. The van der Waals surface area contributed by atoms with E-state index in [1.165, 1.54) is 0 Å². The molecular weight excluding hydrogens is 320 g/mol. The summed E-state index contributed by atoms with van der Waals surface area (Å²) in [5, 5.41) is 12.3. The second kappa shape index (κ2) is 7.25. The van der Waals surface area contributed by atoms with Gasteiger partial charge >= 0.3 is 5.97 Å². The molecule has 2 aromatic carbocycles. The van der Waals surface area contributed by atoms with Crippen LogP contribution in [0.2, 0.25) is 0 Å². The number of para-hydroxylation sites is 1. The first-order valence-corrected chi connectivity index (χ1v) is 8.12. The number of benzene rings is 2. The van der Waals surface area contributed by atoms with Crippen LogP contribution in [0.4, 0.5) is 5.69 Å². The van der Waals surface area contributed by atoms with Crippen LogP contribution in [-0.2, 0) is 4.79 Å². The van der Waals surface area contributed by atoms with Crippen LogP contribution in [0.3, 0.4) is 0 Å². The number of carbonyl (C=O) groups is 2. The van der Waals surface area contributed by atoms with E-state index in [0.29, 0.717) is 18.5 Å². The summed E-state index contributed by atoms with van der Waals surface area (Å²) in [5.74, 6) is -0.219. The molecule has 0 saturated heterocycles. The molecule has 1 amide bonds. The summed E-state index contributed by atoms with van der Waals surface area (Å²) in [7, 11) is 1.60. The Kier molecular flexibility index (Phi) is 4.88. The lowest BCUT2D eigenvalue weighted by molar-refractivity contribution is -0.137. The Morgan fingerprint density at radius 2 is 1.92 bits per heavy atom. The second-order valence-corrected chi connectivity index (χ2v) is 5.86. The van der Waals surface area contributed by atoms with Crippen molar-refractivity contribution in [3.63, 3.8) is 0 Å². The maximum absolute atomic E-state index is 12.9. The third kappa shape index (κ3) is 3.57. The van der Waals surface area contributed by atoms with Crippen molar-refractivity contribution >= 4 is 17.6 Å². The van der Waals surface area contributed by atoms with Crippen molar-refractivity contribution in [3.05, 3.63) is 59.7 Å². The number of fused-ring (bicyclic) bond motifs is 1. The van der Waals surface area contributed by atoms with Crippen LogP contribution in [0.1, 0.15) is 34.9 Å². The molecule has 0 spiro atoms. The minimum atomic E-state index is -0.862. The van der Waals surface area contributed by atoms with Crippen LogP contribution in [-0.4, -0.2) is 35.5 Å². The van der Waals surface area contributed by atoms with Gasteiger partial charge in [0.25, 0.3) is 5.91 Å². The number of carboxylic acid groups (broad SMARTS) is 1. The van der Waals surface area contributed by atoms with Gasteiger partial charge < -0.3 is 20.1 Å². The highest BCUT2D eigenvalue weighted by Crippen LogP contribution is 2.33. The lowest BCUT2D eigenvalue weighted by atomic mass is 10.0. The molecule has 1 atom stereocenters. The van der Waals surface area contributed by atoms with E-state index in [-0.39, 0.29) is 18.5 Å². The fourth-order valence-electron chi connectivity index (χ4n) is 2.97. The zero-order valence-corrected chi connectivity index (χ0v) is 13.9. The van der Waals surface area contributed by atoms with Crippen molar-refractivity contribution in [1.29, 1.82) is 0 Å². The van der Waals surface area contributed by atoms with Crippen LogP contribution >= 0.6 is 0 Å². The van der Waals surface area contributed by atoms with Gasteiger partial charge in [-0.05, 0) is 36.2 Å². The van der Waals surface area contributed by atoms with Gasteiger partial charge in [0.05, 0.1) is 12.7 Å². The highest BCUT2D eigenvalue weighted by molar-refractivity contribution is 6.01. The van der Waals surface area contributed by atoms with E-state index in [9.17, 15) is 9.59 Å². The average Bonchev–Trinajstić information content (AvgIpc) is 2.63. The molecule has 6 nitrogen and oxygen atoms in total. The molecule has 2 aromatic rings. The summed E-state index contributed by atoms with van der Waals surface area (Å²) in [5.41, 5.74) is 2.30. The highest BCUT2D eigenvalue weighted by atomic mass is 16.5. The minimum Gasteiger partial charge on any atom is -0.497 e. The first-order chi connectivity index (χ1) is 12.1. The maximum atomic E-state index is 12.9. The van der Waals surface area contributed by atoms with E-state index in [2.05, 4.69) is 5.32 Å². The predicted octanol–water partition coefficient (Wildman–Crippen LogP) is 3.13. The predicted molar refractivity (Wildman–Crippen MR) is 93.7 cm³/mol. The van der Waals surface area contributed by atoms with Gasteiger partial charge in [-0.15, -0.1) is 0 Å². The number of hydrogen-bond acceptors (Lipinski definition) is 4. The Labute approximate surface area is 146 Å².